The smallest absolute Gasteiger partial charge is 0.257 e. The fourth-order valence-electron chi connectivity index (χ4n) is 2.19. The summed E-state index contributed by atoms with van der Waals surface area (Å²) in [6.07, 6.45) is 0. The zero-order valence-electron chi connectivity index (χ0n) is 10.4. The molecule has 1 aromatic carbocycles. The number of carbonyl (C=O) groups is 1. The fourth-order valence-corrected chi connectivity index (χ4v) is 4.01. The van der Waals surface area contributed by atoms with Crippen molar-refractivity contribution in [2.75, 3.05) is 13.1 Å². The van der Waals surface area contributed by atoms with Gasteiger partial charge in [-0.15, -0.1) is 0 Å². The second kappa shape index (κ2) is 5.69. The van der Waals surface area contributed by atoms with Crippen molar-refractivity contribution in [3.05, 3.63) is 27.3 Å². The lowest BCUT2D eigenvalue weighted by Gasteiger charge is -2.34. The minimum Gasteiger partial charge on any atom is -0.507 e. The number of hydrogen-bond donors (Lipinski definition) is 1. The van der Waals surface area contributed by atoms with Crippen molar-refractivity contribution in [2.45, 2.75) is 24.3 Å². The van der Waals surface area contributed by atoms with Gasteiger partial charge in [-0.25, -0.2) is 0 Å². The van der Waals surface area contributed by atoms with E-state index < -0.39 is 0 Å². The van der Waals surface area contributed by atoms with E-state index in [9.17, 15) is 9.90 Å². The van der Waals surface area contributed by atoms with Crippen LogP contribution in [0.25, 0.3) is 0 Å². The lowest BCUT2D eigenvalue weighted by molar-refractivity contribution is 0.0750. The molecule has 0 saturated carbocycles. The number of benzene rings is 1. The number of phenolic OH excluding ortho intramolecular Hbond substituents is 1. The molecule has 1 aliphatic heterocycles. The first-order valence-corrected chi connectivity index (χ1v) is 7.92. The van der Waals surface area contributed by atoms with Gasteiger partial charge in [0, 0.05) is 27.2 Å². The summed E-state index contributed by atoms with van der Waals surface area (Å²) in [5.74, 6) is 0.00367. The molecule has 2 rings (SSSR count). The molecule has 1 aliphatic rings. The summed E-state index contributed by atoms with van der Waals surface area (Å²) in [4.78, 5) is 14.3. The first-order valence-electron chi connectivity index (χ1n) is 5.90. The molecule has 1 aromatic rings. The Balaban J connectivity index is 2.22. The van der Waals surface area contributed by atoms with Gasteiger partial charge in [-0.05, 0) is 40.8 Å². The third kappa shape index (κ3) is 3.12. The number of halogens is 1. The summed E-state index contributed by atoms with van der Waals surface area (Å²) in [6, 6.07) is 5.12. The van der Waals surface area contributed by atoms with E-state index in [1.807, 2.05) is 16.7 Å². The molecule has 98 valence electrons. The topological polar surface area (TPSA) is 40.5 Å². The normalized spacial score (nSPS) is 24.1. The van der Waals surface area contributed by atoms with Gasteiger partial charge in [0.1, 0.15) is 5.75 Å². The average molecular weight is 377 g/mol. The Hall–Kier alpha value is -0.430. The SMILES string of the molecule is CC1CN(C(=O)c2cc(I)ccc2O)CC(C)S1. The summed E-state index contributed by atoms with van der Waals surface area (Å²) in [5, 5.41) is 10.7. The Bertz CT molecular complexity index is 456. The van der Waals surface area contributed by atoms with Gasteiger partial charge in [-0.3, -0.25) is 4.79 Å². The summed E-state index contributed by atoms with van der Waals surface area (Å²) in [6.45, 7) is 5.77. The molecule has 18 heavy (non-hydrogen) atoms. The van der Waals surface area contributed by atoms with Crippen LogP contribution in [0.4, 0.5) is 0 Å². The third-order valence-electron chi connectivity index (χ3n) is 2.90. The predicted octanol–water partition coefficient (Wildman–Crippen LogP) is 2.96. The summed E-state index contributed by atoms with van der Waals surface area (Å²) in [5.41, 5.74) is 0.410. The lowest BCUT2D eigenvalue weighted by atomic mass is 10.1. The molecular formula is C13H16INO2S. The molecule has 0 spiro atoms. The highest BCUT2D eigenvalue weighted by Gasteiger charge is 2.27. The maximum atomic E-state index is 12.4. The van der Waals surface area contributed by atoms with E-state index >= 15 is 0 Å². The molecule has 1 N–H and O–H groups in total. The van der Waals surface area contributed by atoms with E-state index in [2.05, 4.69) is 36.4 Å². The Morgan fingerprint density at radius 2 is 2.00 bits per heavy atom. The van der Waals surface area contributed by atoms with Gasteiger partial charge < -0.3 is 10.0 Å². The second-order valence-corrected chi connectivity index (χ2v) is 7.76. The number of carbonyl (C=O) groups excluding carboxylic acids is 1. The van der Waals surface area contributed by atoms with Gasteiger partial charge in [0.05, 0.1) is 5.56 Å². The first-order chi connectivity index (χ1) is 8.47. The van der Waals surface area contributed by atoms with Crippen molar-refractivity contribution >= 4 is 40.3 Å². The molecular weight excluding hydrogens is 361 g/mol. The second-order valence-electron chi connectivity index (χ2n) is 4.63. The quantitative estimate of drug-likeness (QED) is 0.766. The van der Waals surface area contributed by atoms with Crippen molar-refractivity contribution in [3.63, 3.8) is 0 Å². The minimum absolute atomic E-state index is 0.0648. The van der Waals surface area contributed by atoms with Crippen LogP contribution in [0.2, 0.25) is 0 Å². The highest BCUT2D eigenvalue weighted by Crippen LogP contribution is 2.28. The highest BCUT2D eigenvalue weighted by molar-refractivity contribution is 14.1. The molecule has 2 unspecified atom stereocenters. The number of aromatic hydroxyl groups is 1. The molecule has 1 fully saturated rings. The molecule has 0 bridgehead atoms. The van der Waals surface area contributed by atoms with Gasteiger partial charge >= 0.3 is 0 Å². The molecule has 0 aromatic heterocycles. The van der Waals surface area contributed by atoms with E-state index in [1.54, 1.807) is 18.2 Å². The molecule has 1 amide bonds. The van der Waals surface area contributed by atoms with Crippen molar-refractivity contribution in [3.8, 4) is 5.75 Å². The summed E-state index contributed by atoms with van der Waals surface area (Å²) in [7, 11) is 0. The maximum Gasteiger partial charge on any atom is 0.257 e. The number of nitrogens with zero attached hydrogens (tertiary/aromatic N) is 1. The van der Waals surface area contributed by atoms with Crippen LogP contribution in [-0.2, 0) is 0 Å². The fraction of sp³-hybridized carbons (Fsp3) is 0.462. The first kappa shape index (κ1) is 14.0. The largest absolute Gasteiger partial charge is 0.507 e. The van der Waals surface area contributed by atoms with Crippen LogP contribution >= 0.6 is 34.4 Å². The van der Waals surface area contributed by atoms with E-state index in [0.29, 0.717) is 16.1 Å². The van der Waals surface area contributed by atoms with Gasteiger partial charge in [0.25, 0.3) is 5.91 Å². The Morgan fingerprint density at radius 3 is 2.61 bits per heavy atom. The van der Waals surface area contributed by atoms with E-state index in [4.69, 9.17) is 0 Å². The van der Waals surface area contributed by atoms with Gasteiger partial charge in [0.15, 0.2) is 0 Å². The van der Waals surface area contributed by atoms with Crippen LogP contribution in [0, 0.1) is 3.57 Å². The molecule has 0 aliphatic carbocycles. The summed E-state index contributed by atoms with van der Waals surface area (Å²) < 4.78 is 0.959. The molecule has 1 heterocycles. The monoisotopic (exact) mass is 377 g/mol. The van der Waals surface area contributed by atoms with Gasteiger partial charge in [-0.1, -0.05) is 13.8 Å². The minimum atomic E-state index is -0.0648. The van der Waals surface area contributed by atoms with Crippen LogP contribution in [0.3, 0.4) is 0 Å². The van der Waals surface area contributed by atoms with Crippen LogP contribution in [0.5, 0.6) is 5.75 Å². The molecule has 3 nitrogen and oxygen atoms in total. The predicted molar refractivity (Wildman–Crippen MR) is 83.2 cm³/mol. The number of thioether (sulfide) groups is 1. The third-order valence-corrected chi connectivity index (χ3v) is 4.79. The average Bonchev–Trinajstić information content (AvgIpc) is 2.30. The number of amides is 1. The maximum absolute atomic E-state index is 12.4. The standard InChI is InChI=1S/C13H16INO2S/c1-8-6-15(7-9(2)18-8)13(17)11-5-10(14)3-4-12(11)16/h3-5,8-9,16H,6-7H2,1-2H3. The van der Waals surface area contributed by atoms with E-state index in [-0.39, 0.29) is 11.7 Å². The van der Waals surface area contributed by atoms with Crippen LogP contribution in [0.15, 0.2) is 18.2 Å². The van der Waals surface area contributed by atoms with Crippen molar-refractivity contribution in [1.29, 1.82) is 0 Å². The van der Waals surface area contributed by atoms with Crippen LogP contribution in [0.1, 0.15) is 24.2 Å². The molecule has 0 radical (unpaired) electrons. The molecule has 1 saturated heterocycles. The van der Waals surface area contributed by atoms with E-state index in [1.165, 1.54) is 0 Å². The zero-order chi connectivity index (χ0) is 13.3. The van der Waals surface area contributed by atoms with Crippen molar-refractivity contribution in [2.24, 2.45) is 0 Å². The van der Waals surface area contributed by atoms with Crippen molar-refractivity contribution in [1.82, 2.24) is 4.90 Å². The van der Waals surface area contributed by atoms with E-state index in [0.717, 1.165) is 16.7 Å². The van der Waals surface area contributed by atoms with Crippen molar-refractivity contribution < 1.29 is 9.90 Å². The Kier molecular flexibility index (Phi) is 4.42. The Labute approximate surface area is 125 Å². The van der Waals surface area contributed by atoms with Gasteiger partial charge in [0.2, 0.25) is 0 Å². The number of hydrogen-bond acceptors (Lipinski definition) is 3. The highest BCUT2D eigenvalue weighted by atomic mass is 127. The molecule has 5 heteroatoms. The van der Waals surface area contributed by atoms with Crippen LogP contribution < -0.4 is 0 Å². The zero-order valence-corrected chi connectivity index (χ0v) is 13.4. The lowest BCUT2D eigenvalue weighted by Crippen LogP contribution is -2.44. The number of rotatable bonds is 1. The molecule has 2 atom stereocenters. The summed E-state index contributed by atoms with van der Waals surface area (Å²) >= 11 is 4.06. The van der Waals surface area contributed by atoms with Gasteiger partial charge in [-0.2, -0.15) is 11.8 Å². The Morgan fingerprint density at radius 1 is 1.39 bits per heavy atom. The van der Waals surface area contributed by atoms with Crippen LogP contribution in [-0.4, -0.2) is 39.5 Å². The number of phenols is 1.